The molecule has 0 saturated heterocycles. The number of nitrogens with zero attached hydrogens (tertiary/aromatic N) is 2. The zero-order valence-corrected chi connectivity index (χ0v) is 12.4. The summed E-state index contributed by atoms with van der Waals surface area (Å²) in [6.07, 6.45) is 1.42. The summed E-state index contributed by atoms with van der Waals surface area (Å²) >= 11 is 3.47. The lowest BCUT2D eigenvalue weighted by atomic mass is 9.84. The molecule has 2 aromatic heterocycles. The molecular weight excluding hydrogens is 296 g/mol. The summed E-state index contributed by atoms with van der Waals surface area (Å²) in [6, 6.07) is 1.96. The first-order chi connectivity index (χ1) is 8.23. The minimum atomic E-state index is -0.940. The summed E-state index contributed by atoms with van der Waals surface area (Å²) in [7, 11) is 0. The van der Waals surface area contributed by atoms with Gasteiger partial charge in [-0.2, -0.15) is 5.10 Å². The fourth-order valence-electron chi connectivity index (χ4n) is 2.16. The third-order valence-corrected chi connectivity index (χ3v) is 3.86. The van der Waals surface area contributed by atoms with Crippen molar-refractivity contribution in [1.82, 2.24) is 9.61 Å². The Labute approximate surface area is 114 Å². The van der Waals surface area contributed by atoms with Gasteiger partial charge in [-0.1, -0.05) is 20.8 Å². The molecule has 2 aromatic rings. The van der Waals surface area contributed by atoms with E-state index < -0.39 is 5.97 Å². The number of hydrogen-bond acceptors (Lipinski definition) is 2. The second-order valence-corrected chi connectivity index (χ2v) is 6.15. The van der Waals surface area contributed by atoms with Crippen LogP contribution in [0.25, 0.3) is 5.52 Å². The summed E-state index contributed by atoms with van der Waals surface area (Å²) < 4.78 is 2.60. The number of aryl methyl sites for hydroxylation is 1. The van der Waals surface area contributed by atoms with E-state index >= 15 is 0 Å². The van der Waals surface area contributed by atoms with Crippen molar-refractivity contribution in [3.8, 4) is 0 Å². The van der Waals surface area contributed by atoms with E-state index in [1.165, 1.54) is 6.20 Å². The Morgan fingerprint density at radius 2 is 2.06 bits per heavy atom. The minimum Gasteiger partial charge on any atom is -0.478 e. The first kappa shape index (κ1) is 13.1. The molecule has 5 heteroatoms. The SMILES string of the molecule is Cc1cc2c(C(C)(C)C)c(C(=O)O)cnn2c1Br. The average molecular weight is 311 g/mol. The summed E-state index contributed by atoms with van der Waals surface area (Å²) in [5.41, 5.74) is 2.68. The number of rotatable bonds is 1. The van der Waals surface area contributed by atoms with Crippen molar-refractivity contribution in [2.24, 2.45) is 0 Å². The minimum absolute atomic E-state index is 0.262. The van der Waals surface area contributed by atoms with Crippen molar-refractivity contribution in [3.05, 3.63) is 33.6 Å². The highest BCUT2D eigenvalue weighted by atomic mass is 79.9. The van der Waals surface area contributed by atoms with Gasteiger partial charge in [0.2, 0.25) is 0 Å². The molecule has 0 unspecified atom stereocenters. The Kier molecular flexibility index (Phi) is 2.97. The summed E-state index contributed by atoms with van der Waals surface area (Å²) in [4.78, 5) is 11.3. The molecule has 2 heterocycles. The molecule has 2 rings (SSSR count). The molecule has 96 valence electrons. The predicted octanol–water partition coefficient (Wildman–Crippen LogP) is 3.40. The fraction of sp³-hybridized carbons (Fsp3) is 0.385. The van der Waals surface area contributed by atoms with Crippen molar-refractivity contribution in [2.45, 2.75) is 33.1 Å². The molecule has 0 amide bonds. The van der Waals surface area contributed by atoms with Gasteiger partial charge < -0.3 is 5.11 Å². The van der Waals surface area contributed by atoms with E-state index in [-0.39, 0.29) is 11.0 Å². The molecule has 0 aromatic carbocycles. The molecule has 0 bridgehead atoms. The van der Waals surface area contributed by atoms with E-state index in [4.69, 9.17) is 0 Å². The second-order valence-electron chi connectivity index (χ2n) is 5.40. The number of hydrogen-bond donors (Lipinski definition) is 1. The zero-order valence-electron chi connectivity index (χ0n) is 10.8. The predicted molar refractivity (Wildman–Crippen MR) is 73.3 cm³/mol. The van der Waals surface area contributed by atoms with Gasteiger partial charge in [-0.3, -0.25) is 0 Å². The van der Waals surface area contributed by atoms with Crippen molar-refractivity contribution in [2.75, 3.05) is 0 Å². The Morgan fingerprint density at radius 1 is 1.44 bits per heavy atom. The third-order valence-electron chi connectivity index (χ3n) is 2.90. The lowest BCUT2D eigenvalue weighted by Crippen LogP contribution is -2.19. The molecule has 0 atom stereocenters. The van der Waals surface area contributed by atoms with Gasteiger partial charge in [-0.15, -0.1) is 0 Å². The van der Waals surface area contributed by atoms with E-state index in [9.17, 15) is 9.90 Å². The van der Waals surface area contributed by atoms with Crippen LogP contribution in [-0.2, 0) is 5.41 Å². The maximum atomic E-state index is 11.3. The van der Waals surface area contributed by atoms with Gasteiger partial charge in [0.05, 0.1) is 17.3 Å². The molecule has 0 radical (unpaired) electrons. The van der Waals surface area contributed by atoms with Crippen LogP contribution in [-0.4, -0.2) is 20.7 Å². The van der Waals surface area contributed by atoms with E-state index in [0.717, 1.165) is 21.2 Å². The summed E-state index contributed by atoms with van der Waals surface area (Å²) in [5, 5.41) is 13.5. The van der Waals surface area contributed by atoms with Crippen molar-refractivity contribution >= 4 is 27.4 Å². The Bertz CT molecular complexity index is 638. The van der Waals surface area contributed by atoms with Crippen molar-refractivity contribution in [3.63, 3.8) is 0 Å². The zero-order chi connectivity index (χ0) is 13.7. The number of carboxylic acids is 1. The lowest BCUT2D eigenvalue weighted by molar-refractivity contribution is 0.0693. The quantitative estimate of drug-likeness (QED) is 0.878. The van der Waals surface area contributed by atoms with Crippen LogP contribution in [0.2, 0.25) is 0 Å². The molecule has 18 heavy (non-hydrogen) atoms. The normalized spacial score (nSPS) is 12.1. The van der Waals surface area contributed by atoms with E-state index in [1.807, 2.05) is 33.8 Å². The van der Waals surface area contributed by atoms with Gasteiger partial charge in [-0.25, -0.2) is 9.31 Å². The topological polar surface area (TPSA) is 54.6 Å². The molecular formula is C13H15BrN2O2. The highest BCUT2D eigenvalue weighted by Crippen LogP contribution is 2.33. The van der Waals surface area contributed by atoms with Crippen LogP contribution in [0.1, 0.15) is 42.3 Å². The first-order valence-electron chi connectivity index (χ1n) is 5.64. The number of halogens is 1. The molecule has 1 N–H and O–H groups in total. The number of fused-ring (bicyclic) bond motifs is 1. The number of carbonyl (C=O) groups is 1. The number of carboxylic acid groups (broad SMARTS) is 1. The van der Waals surface area contributed by atoms with Crippen molar-refractivity contribution in [1.29, 1.82) is 0 Å². The number of aromatic nitrogens is 2. The molecule has 4 nitrogen and oxygen atoms in total. The maximum Gasteiger partial charge on any atom is 0.337 e. The Morgan fingerprint density at radius 3 is 2.56 bits per heavy atom. The van der Waals surface area contributed by atoms with Crippen LogP contribution in [0.3, 0.4) is 0 Å². The standard InChI is InChI=1S/C13H15BrN2O2/c1-7-5-9-10(13(2,3)4)8(12(17)18)6-15-16(9)11(7)14/h5-6H,1-4H3,(H,17,18). The van der Waals surface area contributed by atoms with Gasteiger partial charge in [-0.05, 0) is 45.5 Å². The Hall–Kier alpha value is -1.36. The van der Waals surface area contributed by atoms with Gasteiger partial charge in [0.25, 0.3) is 0 Å². The van der Waals surface area contributed by atoms with Crippen LogP contribution in [0.4, 0.5) is 0 Å². The van der Waals surface area contributed by atoms with Gasteiger partial charge in [0.1, 0.15) is 4.60 Å². The third kappa shape index (κ3) is 1.92. The Balaban J connectivity index is 2.95. The smallest absolute Gasteiger partial charge is 0.337 e. The highest BCUT2D eigenvalue weighted by Gasteiger charge is 2.26. The van der Waals surface area contributed by atoms with Gasteiger partial charge >= 0.3 is 5.97 Å². The summed E-state index contributed by atoms with van der Waals surface area (Å²) in [6.45, 7) is 7.98. The van der Waals surface area contributed by atoms with E-state index in [2.05, 4.69) is 21.0 Å². The van der Waals surface area contributed by atoms with Crippen LogP contribution in [0.15, 0.2) is 16.9 Å². The first-order valence-corrected chi connectivity index (χ1v) is 6.43. The van der Waals surface area contributed by atoms with E-state index in [0.29, 0.717) is 0 Å². The average Bonchev–Trinajstić information content (AvgIpc) is 2.52. The van der Waals surface area contributed by atoms with Crippen LogP contribution in [0.5, 0.6) is 0 Å². The maximum absolute atomic E-state index is 11.3. The van der Waals surface area contributed by atoms with Crippen LogP contribution in [0, 0.1) is 6.92 Å². The second kappa shape index (κ2) is 4.09. The molecule has 0 aliphatic carbocycles. The molecule has 0 spiro atoms. The lowest BCUT2D eigenvalue weighted by Gasteiger charge is -2.22. The molecule has 0 aliphatic rings. The molecule has 0 aliphatic heterocycles. The molecule has 0 fully saturated rings. The monoisotopic (exact) mass is 310 g/mol. The van der Waals surface area contributed by atoms with Crippen LogP contribution < -0.4 is 0 Å². The van der Waals surface area contributed by atoms with Crippen LogP contribution >= 0.6 is 15.9 Å². The largest absolute Gasteiger partial charge is 0.478 e. The van der Waals surface area contributed by atoms with Crippen molar-refractivity contribution < 1.29 is 9.90 Å². The highest BCUT2D eigenvalue weighted by molar-refractivity contribution is 9.10. The summed E-state index contributed by atoms with van der Waals surface area (Å²) in [5.74, 6) is -0.940. The fourth-order valence-corrected chi connectivity index (χ4v) is 2.55. The molecule has 0 saturated carbocycles. The van der Waals surface area contributed by atoms with E-state index in [1.54, 1.807) is 4.52 Å². The number of aromatic carboxylic acids is 1. The van der Waals surface area contributed by atoms with Gasteiger partial charge in [0, 0.05) is 0 Å². The van der Waals surface area contributed by atoms with Gasteiger partial charge in [0.15, 0.2) is 0 Å².